The molecule has 0 aliphatic rings. The molecule has 3 aromatic carbocycles. The van der Waals surface area contributed by atoms with Crippen LogP contribution in [0.5, 0.6) is 0 Å². The zero-order chi connectivity index (χ0) is 45.6. The van der Waals surface area contributed by atoms with Crippen molar-refractivity contribution >= 4 is 41.6 Å². The Hall–Kier alpha value is -4.10. The van der Waals surface area contributed by atoms with Gasteiger partial charge in [-0.05, 0) is 60.2 Å². The van der Waals surface area contributed by atoms with E-state index in [1.165, 1.54) is 36.4 Å². The van der Waals surface area contributed by atoms with Crippen LogP contribution in [-0.4, -0.2) is 207 Å². The highest BCUT2D eigenvalue weighted by molar-refractivity contribution is 7.79. The number of aliphatic hydroxyl groups excluding tert-OH is 15. The van der Waals surface area contributed by atoms with E-state index >= 15 is 0 Å². The Kier molecular flexibility index (Phi) is 20.6. The SMILES string of the molecule is O=C(NCC(O)C(O)C(O)C(O)CO)c1ccc(P(c2ccc(C(=O)NCC(O)C(O)C(O)C(O)CO)cc2)c2ccc(C(=O)NCC(O)C(O)C(O)C(O)CO)cc2)cc1. The lowest BCUT2D eigenvalue weighted by molar-refractivity contribution is -0.113. The Morgan fingerprint density at radius 2 is 0.557 bits per heavy atom. The van der Waals surface area contributed by atoms with Gasteiger partial charge in [-0.1, -0.05) is 36.4 Å². The van der Waals surface area contributed by atoms with Crippen LogP contribution in [0.25, 0.3) is 0 Å². The zero-order valence-electron chi connectivity index (χ0n) is 32.5. The summed E-state index contributed by atoms with van der Waals surface area (Å²) in [5.41, 5.74) is 0.394. The summed E-state index contributed by atoms with van der Waals surface area (Å²) in [4.78, 5) is 38.8. The number of amides is 3. The van der Waals surface area contributed by atoms with Crippen molar-refractivity contribution in [3.63, 3.8) is 0 Å². The van der Waals surface area contributed by atoms with E-state index in [-0.39, 0.29) is 16.7 Å². The minimum Gasteiger partial charge on any atom is -0.394 e. The average Bonchev–Trinajstić information content (AvgIpc) is 3.29. The number of carbonyl (C=O) groups excluding carboxylic acids is 3. The number of hydrogen-bond acceptors (Lipinski definition) is 18. The third kappa shape index (κ3) is 14.2. The molecule has 3 aromatic rings. The standard InChI is InChI=1S/C39H54N3O18P/c43-16-28(49)34(55)31(52)25(46)13-40-37(58)19-1-7-22(8-2-19)61(23-9-3-20(4-10-23)38(59)41-14-26(47)32(53)35(56)29(50)17-44)24-11-5-21(6-12-24)39(60)42-15-27(48)33(54)36(57)30(51)18-45/h1-12,25-36,43-57H,13-18H2,(H,40,58)(H,41,59)(H,42,60). The Labute approximate surface area is 350 Å². The molecule has 61 heavy (non-hydrogen) atoms. The molecule has 18 N–H and O–H groups in total. The minimum atomic E-state index is -1.89. The molecule has 12 unspecified atom stereocenters. The van der Waals surface area contributed by atoms with Gasteiger partial charge in [0.1, 0.15) is 54.9 Å². The lowest BCUT2D eigenvalue weighted by atomic mass is 10.0. The van der Waals surface area contributed by atoms with Crippen LogP contribution >= 0.6 is 7.92 Å². The van der Waals surface area contributed by atoms with Gasteiger partial charge in [0.25, 0.3) is 17.7 Å². The Morgan fingerprint density at radius 3 is 0.754 bits per heavy atom. The average molecular weight is 884 g/mol. The molecule has 0 saturated heterocycles. The lowest BCUT2D eigenvalue weighted by Gasteiger charge is -2.25. The van der Waals surface area contributed by atoms with E-state index in [1.54, 1.807) is 36.4 Å². The Balaban J connectivity index is 1.84. The number of carbonyl (C=O) groups is 3. The largest absolute Gasteiger partial charge is 0.394 e. The van der Waals surface area contributed by atoms with Gasteiger partial charge in [-0.3, -0.25) is 14.4 Å². The third-order valence-electron chi connectivity index (χ3n) is 9.55. The third-order valence-corrected chi connectivity index (χ3v) is 12.0. The molecule has 0 aromatic heterocycles. The van der Waals surface area contributed by atoms with Gasteiger partial charge < -0.3 is 92.5 Å². The maximum absolute atomic E-state index is 12.9. The second-order valence-electron chi connectivity index (χ2n) is 14.0. The summed E-state index contributed by atoms with van der Waals surface area (Å²) in [7, 11) is -1.50. The van der Waals surface area contributed by atoms with Crippen molar-refractivity contribution < 1.29 is 91.0 Å². The van der Waals surface area contributed by atoms with E-state index in [9.17, 15) is 75.7 Å². The predicted octanol–water partition coefficient (Wildman–Crippen LogP) is -8.06. The normalized spacial score (nSPS) is 18.1. The molecule has 0 aliphatic heterocycles. The molecular weight excluding hydrogens is 829 g/mol. The van der Waals surface area contributed by atoms with E-state index in [1.807, 2.05) is 0 Å². The smallest absolute Gasteiger partial charge is 0.251 e. The first-order chi connectivity index (χ1) is 28.9. The highest BCUT2D eigenvalue weighted by Gasteiger charge is 2.32. The zero-order valence-corrected chi connectivity index (χ0v) is 33.4. The molecule has 3 amide bonds. The molecule has 0 spiro atoms. The van der Waals surface area contributed by atoms with Crippen LogP contribution < -0.4 is 31.9 Å². The molecule has 0 fully saturated rings. The fourth-order valence-electron chi connectivity index (χ4n) is 5.68. The van der Waals surface area contributed by atoms with E-state index < -0.39 is 138 Å². The summed E-state index contributed by atoms with van der Waals surface area (Å²) in [6.07, 6.45) is -21.6. The molecular formula is C39H54N3O18P. The van der Waals surface area contributed by atoms with E-state index in [0.29, 0.717) is 15.9 Å². The highest BCUT2D eigenvalue weighted by atomic mass is 31.1. The molecule has 12 atom stereocenters. The van der Waals surface area contributed by atoms with Gasteiger partial charge in [0, 0.05) is 36.3 Å². The van der Waals surface area contributed by atoms with Gasteiger partial charge in [-0.25, -0.2) is 0 Å². The van der Waals surface area contributed by atoms with Gasteiger partial charge in [0.05, 0.1) is 38.1 Å². The van der Waals surface area contributed by atoms with Gasteiger partial charge in [0.15, 0.2) is 0 Å². The van der Waals surface area contributed by atoms with Crippen molar-refractivity contribution in [2.75, 3.05) is 39.5 Å². The molecule has 3 rings (SSSR count). The summed E-state index contributed by atoms with van der Waals surface area (Å²) in [5.74, 6) is -2.00. The molecule has 0 saturated carbocycles. The van der Waals surface area contributed by atoms with Gasteiger partial charge in [-0.2, -0.15) is 0 Å². The first-order valence-electron chi connectivity index (χ1n) is 18.8. The van der Waals surface area contributed by atoms with Crippen LogP contribution in [0.15, 0.2) is 72.8 Å². The second kappa shape index (κ2) is 24.5. The maximum atomic E-state index is 12.9. The number of aliphatic hydroxyl groups is 15. The van der Waals surface area contributed by atoms with Gasteiger partial charge in [-0.15, -0.1) is 0 Å². The molecule has 338 valence electrons. The first-order valence-corrected chi connectivity index (χ1v) is 20.1. The van der Waals surface area contributed by atoms with E-state index in [2.05, 4.69) is 16.0 Å². The van der Waals surface area contributed by atoms with Crippen LogP contribution in [0.4, 0.5) is 0 Å². The quantitative estimate of drug-likeness (QED) is 0.0372. The van der Waals surface area contributed by atoms with E-state index in [4.69, 9.17) is 15.3 Å². The number of nitrogens with one attached hydrogen (secondary N) is 3. The monoisotopic (exact) mass is 883 g/mol. The van der Waals surface area contributed by atoms with Crippen molar-refractivity contribution in [2.45, 2.75) is 73.2 Å². The summed E-state index contributed by atoms with van der Waals surface area (Å²) >= 11 is 0. The first kappa shape index (κ1) is 51.3. The maximum Gasteiger partial charge on any atom is 0.251 e. The summed E-state index contributed by atoms with van der Waals surface area (Å²) < 4.78 is 0. The van der Waals surface area contributed by atoms with Crippen LogP contribution in [-0.2, 0) is 0 Å². The Morgan fingerprint density at radius 1 is 0.361 bits per heavy atom. The van der Waals surface area contributed by atoms with Gasteiger partial charge in [0.2, 0.25) is 0 Å². The summed E-state index contributed by atoms with van der Waals surface area (Å²) in [5, 5.41) is 155. The molecule has 22 heteroatoms. The lowest BCUT2D eigenvalue weighted by Crippen LogP contribution is -2.49. The van der Waals surface area contributed by atoms with Crippen LogP contribution in [0.1, 0.15) is 31.1 Å². The fraction of sp³-hybridized carbons (Fsp3) is 0.462. The molecule has 0 heterocycles. The second-order valence-corrected chi connectivity index (χ2v) is 16.2. The minimum absolute atomic E-state index is 0.131. The van der Waals surface area contributed by atoms with Crippen molar-refractivity contribution in [2.24, 2.45) is 0 Å². The molecule has 21 nitrogen and oxygen atoms in total. The van der Waals surface area contributed by atoms with Crippen LogP contribution in [0, 0.1) is 0 Å². The molecule has 0 radical (unpaired) electrons. The van der Waals surface area contributed by atoms with Gasteiger partial charge >= 0.3 is 0 Å². The van der Waals surface area contributed by atoms with Crippen molar-refractivity contribution in [1.82, 2.24) is 16.0 Å². The summed E-state index contributed by atoms with van der Waals surface area (Å²) in [6.45, 7) is -4.20. The van der Waals surface area contributed by atoms with Crippen molar-refractivity contribution in [1.29, 1.82) is 0 Å². The topological polar surface area (TPSA) is 391 Å². The predicted molar refractivity (Wildman–Crippen MR) is 215 cm³/mol. The molecule has 0 bridgehead atoms. The van der Waals surface area contributed by atoms with Crippen molar-refractivity contribution in [3.8, 4) is 0 Å². The van der Waals surface area contributed by atoms with E-state index in [0.717, 1.165) is 0 Å². The number of rotatable bonds is 24. The molecule has 0 aliphatic carbocycles. The number of benzene rings is 3. The fourth-order valence-corrected chi connectivity index (χ4v) is 7.92. The Bertz CT molecular complexity index is 1600. The van der Waals surface area contributed by atoms with Crippen molar-refractivity contribution in [3.05, 3.63) is 89.5 Å². The summed E-state index contributed by atoms with van der Waals surface area (Å²) in [6, 6.07) is 18.7. The van der Waals surface area contributed by atoms with Crippen LogP contribution in [0.3, 0.4) is 0 Å². The highest BCUT2D eigenvalue weighted by Crippen LogP contribution is 2.33. The number of hydrogen-bond donors (Lipinski definition) is 18. The van der Waals surface area contributed by atoms with Crippen LogP contribution in [0.2, 0.25) is 0 Å².